The molecule has 164 valence electrons. The van der Waals surface area contributed by atoms with Crippen LogP contribution in [0.3, 0.4) is 0 Å². The van der Waals surface area contributed by atoms with E-state index < -0.39 is 9.84 Å². The smallest absolute Gasteiger partial charge is 0.230 e. The monoisotopic (exact) mass is 496 g/mol. The van der Waals surface area contributed by atoms with Crippen LogP contribution in [0.5, 0.6) is 0 Å². The molecule has 1 aromatic carbocycles. The molecule has 0 radical (unpaired) electrons. The summed E-state index contributed by atoms with van der Waals surface area (Å²) in [6, 6.07) is 3.57. The van der Waals surface area contributed by atoms with E-state index in [9.17, 15) is 18.0 Å². The number of anilines is 1. The van der Waals surface area contributed by atoms with Crippen LogP contribution < -0.4 is 10.2 Å². The number of carbonyl (C=O) groups excluding carboxylic acids is 2. The van der Waals surface area contributed by atoms with Crippen LogP contribution in [-0.2, 0) is 25.8 Å². The molecular weight excluding hydrogens is 468 g/mol. The lowest BCUT2D eigenvalue weighted by Crippen LogP contribution is -2.41. The zero-order chi connectivity index (χ0) is 21.5. The second-order valence-electron chi connectivity index (χ2n) is 8.93. The lowest BCUT2D eigenvalue weighted by molar-refractivity contribution is -0.122. The molecule has 0 unspecified atom stereocenters. The molecule has 2 aliphatic carbocycles. The van der Waals surface area contributed by atoms with Crippen molar-refractivity contribution in [2.24, 2.45) is 11.8 Å². The van der Waals surface area contributed by atoms with E-state index in [0.717, 1.165) is 44.1 Å². The van der Waals surface area contributed by atoms with Crippen LogP contribution in [0.4, 0.5) is 5.69 Å². The Balaban J connectivity index is 1.45. The lowest BCUT2D eigenvalue weighted by Gasteiger charge is -2.29. The number of hydrogen-bond acceptors (Lipinski definition) is 4. The van der Waals surface area contributed by atoms with Gasteiger partial charge in [0.05, 0.1) is 10.6 Å². The van der Waals surface area contributed by atoms with Gasteiger partial charge >= 0.3 is 0 Å². The summed E-state index contributed by atoms with van der Waals surface area (Å²) in [4.78, 5) is 26.8. The predicted molar refractivity (Wildman–Crippen MR) is 119 cm³/mol. The van der Waals surface area contributed by atoms with Crippen LogP contribution in [0.2, 0.25) is 0 Å². The van der Waals surface area contributed by atoms with Gasteiger partial charge in [-0.25, -0.2) is 8.42 Å². The zero-order valence-corrected chi connectivity index (χ0v) is 19.7. The fraction of sp³-hybridized carbons (Fsp3) is 0.636. The van der Waals surface area contributed by atoms with Gasteiger partial charge in [0.2, 0.25) is 11.8 Å². The standard InChI is InChI=1S/C22H29BrN2O4S/c1-14-4-2-3-5-18(14)24-21(26)9-11-30(28,29)20-13-19-16(12-17(20)23)8-10-25(19)22(27)15-6-7-15/h12-15,18H,2-11H2,1H3,(H,24,26)/t14-,18+/m0/s1. The Hall–Kier alpha value is -1.41. The number of hydrogen-bond donors (Lipinski definition) is 1. The molecule has 0 aromatic heterocycles. The van der Waals surface area contributed by atoms with Gasteiger partial charge in [0.1, 0.15) is 0 Å². The highest BCUT2D eigenvalue weighted by Gasteiger charge is 2.37. The minimum Gasteiger partial charge on any atom is -0.353 e. The maximum absolute atomic E-state index is 13.0. The molecular formula is C22H29BrN2O4S. The van der Waals surface area contributed by atoms with Gasteiger partial charge in [0.15, 0.2) is 9.84 Å². The van der Waals surface area contributed by atoms with Crippen molar-refractivity contribution in [3.8, 4) is 0 Å². The summed E-state index contributed by atoms with van der Waals surface area (Å²) < 4.78 is 26.5. The maximum Gasteiger partial charge on any atom is 0.230 e. The third-order valence-electron chi connectivity index (χ3n) is 6.61. The van der Waals surface area contributed by atoms with Crippen LogP contribution in [0, 0.1) is 11.8 Å². The van der Waals surface area contributed by atoms with Gasteiger partial charge in [0.25, 0.3) is 0 Å². The number of sulfone groups is 1. The zero-order valence-electron chi connectivity index (χ0n) is 17.3. The maximum atomic E-state index is 13.0. The SMILES string of the molecule is C[C@H]1CCCC[C@H]1NC(=O)CCS(=O)(=O)c1cc2c(cc1Br)CCN2C(=O)C1CC1. The van der Waals surface area contributed by atoms with E-state index in [4.69, 9.17) is 0 Å². The van der Waals surface area contributed by atoms with Crippen LogP contribution in [-0.4, -0.2) is 38.6 Å². The van der Waals surface area contributed by atoms with E-state index in [1.54, 1.807) is 11.0 Å². The number of rotatable bonds is 6. The summed E-state index contributed by atoms with van der Waals surface area (Å²) in [5.74, 6) is 0.166. The molecule has 8 heteroatoms. The summed E-state index contributed by atoms with van der Waals surface area (Å²) in [7, 11) is -3.66. The van der Waals surface area contributed by atoms with Gasteiger partial charge in [-0.3, -0.25) is 9.59 Å². The number of benzene rings is 1. The Morgan fingerprint density at radius 1 is 1.17 bits per heavy atom. The quantitative estimate of drug-likeness (QED) is 0.651. The largest absolute Gasteiger partial charge is 0.353 e. The molecule has 2 saturated carbocycles. The molecule has 0 saturated heterocycles. The number of fused-ring (bicyclic) bond motifs is 1. The number of halogens is 1. The average molecular weight is 497 g/mol. The third-order valence-corrected chi connectivity index (χ3v) is 9.28. The number of nitrogens with one attached hydrogen (secondary N) is 1. The fourth-order valence-electron chi connectivity index (χ4n) is 4.55. The first kappa shape index (κ1) is 21.8. The molecule has 1 N–H and O–H groups in total. The van der Waals surface area contributed by atoms with Crippen molar-refractivity contribution in [2.45, 2.75) is 69.2 Å². The molecule has 0 bridgehead atoms. The van der Waals surface area contributed by atoms with Gasteiger partial charge < -0.3 is 10.2 Å². The number of amides is 2. The van der Waals surface area contributed by atoms with Crippen molar-refractivity contribution in [3.05, 3.63) is 22.2 Å². The molecule has 30 heavy (non-hydrogen) atoms. The van der Waals surface area contributed by atoms with E-state index in [1.807, 2.05) is 6.07 Å². The molecule has 0 spiro atoms. The van der Waals surface area contributed by atoms with Crippen LogP contribution in [0.25, 0.3) is 0 Å². The number of carbonyl (C=O) groups is 2. The summed E-state index contributed by atoms with van der Waals surface area (Å²) in [5, 5.41) is 3.02. The number of nitrogens with zero attached hydrogens (tertiary/aromatic N) is 1. The van der Waals surface area contributed by atoms with Gasteiger partial charge in [-0.1, -0.05) is 19.8 Å². The van der Waals surface area contributed by atoms with E-state index in [0.29, 0.717) is 22.6 Å². The molecule has 2 atom stereocenters. The summed E-state index contributed by atoms with van der Waals surface area (Å²) in [5.41, 5.74) is 1.69. The molecule has 1 aliphatic heterocycles. The molecule has 2 amide bonds. The fourth-order valence-corrected chi connectivity index (χ4v) is 7.00. The van der Waals surface area contributed by atoms with E-state index in [1.165, 1.54) is 6.42 Å². The van der Waals surface area contributed by atoms with Gasteiger partial charge in [0, 0.05) is 35.1 Å². The molecule has 3 aliphatic rings. The molecule has 6 nitrogen and oxygen atoms in total. The highest BCUT2D eigenvalue weighted by Crippen LogP contribution is 2.39. The minimum atomic E-state index is -3.66. The van der Waals surface area contributed by atoms with Crippen molar-refractivity contribution in [1.29, 1.82) is 0 Å². The summed E-state index contributed by atoms with van der Waals surface area (Å²) in [6.07, 6.45) is 6.86. The normalized spacial score (nSPS) is 23.9. The first-order valence-corrected chi connectivity index (χ1v) is 13.4. The van der Waals surface area contributed by atoms with Gasteiger partial charge in [-0.05, 0) is 71.6 Å². The van der Waals surface area contributed by atoms with Gasteiger partial charge in [-0.2, -0.15) is 0 Å². The molecule has 1 heterocycles. The van der Waals surface area contributed by atoms with Crippen molar-refractivity contribution in [1.82, 2.24) is 5.32 Å². The minimum absolute atomic E-state index is 0.0558. The Morgan fingerprint density at radius 3 is 2.60 bits per heavy atom. The van der Waals surface area contributed by atoms with Gasteiger partial charge in [-0.15, -0.1) is 0 Å². The van der Waals surface area contributed by atoms with E-state index in [-0.39, 0.29) is 40.8 Å². The first-order valence-electron chi connectivity index (χ1n) is 10.9. The van der Waals surface area contributed by atoms with Crippen molar-refractivity contribution < 1.29 is 18.0 Å². The highest BCUT2D eigenvalue weighted by molar-refractivity contribution is 9.10. The Kier molecular flexibility index (Phi) is 6.26. The van der Waals surface area contributed by atoms with Crippen molar-refractivity contribution in [2.75, 3.05) is 17.2 Å². The van der Waals surface area contributed by atoms with Crippen LogP contribution in [0.1, 0.15) is 57.4 Å². The second kappa shape index (κ2) is 8.61. The van der Waals surface area contributed by atoms with Crippen LogP contribution in [0.15, 0.2) is 21.5 Å². The van der Waals surface area contributed by atoms with E-state index >= 15 is 0 Å². The lowest BCUT2D eigenvalue weighted by atomic mass is 9.86. The van der Waals surface area contributed by atoms with Crippen molar-refractivity contribution >= 4 is 43.3 Å². The Morgan fingerprint density at radius 2 is 1.90 bits per heavy atom. The summed E-state index contributed by atoms with van der Waals surface area (Å²) >= 11 is 3.40. The van der Waals surface area contributed by atoms with E-state index in [2.05, 4.69) is 28.2 Å². The predicted octanol–water partition coefficient (Wildman–Crippen LogP) is 3.61. The molecule has 4 rings (SSSR count). The molecule has 2 fully saturated rings. The topological polar surface area (TPSA) is 83.6 Å². The Labute approximate surface area is 186 Å². The summed E-state index contributed by atoms with van der Waals surface area (Å²) in [6.45, 7) is 2.74. The first-order chi connectivity index (χ1) is 14.3. The second-order valence-corrected chi connectivity index (χ2v) is 11.9. The Bertz CT molecular complexity index is 958. The van der Waals surface area contributed by atoms with Crippen molar-refractivity contribution in [3.63, 3.8) is 0 Å². The third kappa shape index (κ3) is 4.59. The highest BCUT2D eigenvalue weighted by atomic mass is 79.9. The van der Waals surface area contributed by atoms with Crippen LogP contribution >= 0.6 is 15.9 Å². The average Bonchev–Trinajstić information content (AvgIpc) is 3.47. The molecule has 1 aromatic rings.